The number of aromatic nitrogens is 1. The van der Waals surface area contributed by atoms with Gasteiger partial charge in [0.05, 0.1) is 11.8 Å². The second kappa shape index (κ2) is 4.04. The molecule has 2 rings (SSSR count). The minimum Gasteiger partial charge on any atom is -0.481 e. The summed E-state index contributed by atoms with van der Waals surface area (Å²) in [6.45, 7) is 3.43. The summed E-state index contributed by atoms with van der Waals surface area (Å²) in [6.07, 6.45) is 0. The summed E-state index contributed by atoms with van der Waals surface area (Å²) in [5, 5.41) is 11.4. The van der Waals surface area contributed by atoms with Crippen LogP contribution in [-0.4, -0.2) is 22.0 Å². The Bertz CT molecular complexity index is 516. The molecule has 1 aliphatic carbocycles. The molecule has 1 aromatic rings. The van der Waals surface area contributed by atoms with Crippen LogP contribution in [0.5, 0.6) is 0 Å². The molecule has 6 heteroatoms. The third-order valence-corrected chi connectivity index (χ3v) is 3.34. The van der Waals surface area contributed by atoms with Crippen LogP contribution in [-0.2, 0) is 9.59 Å². The van der Waals surface area contributed by atoms with Crippen molar-refractivity contribution in [3.8, 4) is 0 Å². The van der Waals surface area contributed by atoms with E-state index in [1.807, 2.05) is 0 Å². The van der Waals surface area contributed by atoms with Gasteiger partial charge >= 0.3 is 5.97 Å². The van der Waals surface area contributed by atoms with Crippen molar-refractivity contribution in [2.24, 2.45) is 17.3 Å². The molecule has 96 valence electrons. The van der Waals surface area contributed by atoms with Gasteiger partial charge in [0.2, 0.25) is 11.9 Å². The van der Waals surface area contributed by atoms with E-state index in [1.165, 1.54) is 12.1 Å². The van der Waals surface area contributed by atoms with E-state index in [1.54, 1.807) is 13.8 Å². The van der Waals surface area contributed by atoms with Crippen LogP contribution in [0.4, 0.5) is 10.2 Å². The van der Waals surface area contributed by atoms with Crippen molar-refractivity contribution in [1.29, 1.82) is 0 Å². The normalized spacial score (nSPS) is 24.4. The van der Waals surface area contributed by atoms with Crippen LogP contribution in [0.25, 0.3) is 0 Å². The first-order valence-corrected chi connectivity index (χ1v) is 5.50. The van der Waals surface area contributed by atoms with Gasteiger partial charge in [-0.15, -0.1) is 0 Å². The number of nitrogens with zero attached hydrogens (tertiary/aromatic N) is 1. The van der Waals surface area contributed by atoms with E-state index in [0.29, 0.717) is 0 Å². The van der Waals surface area contributed by atoms with E-state index >= 15 is 0 Å². The maximum Gasteiger partial charge on any atom is 0.307 e. The highest BCUT2D eigenvalue weighted by Crippen LogP contribution is 2.58. The van der Waals surface area contributed by atoms with E-state index in [2.05, 4.69) is 10.3 Å². The monoisotopic (exact) mass is 252 g/mol. The first kappa shape index (κ1) is 12.5. The van der Waals surface area contributed by atoms with Crippen LogP contribution in [0.3, 0.4) is 0 Å². The minimum atomic E-state index is -0.993. The smallest absolute Gasteiger partial charge is 0.307 e. The van der Waals surface area contributed by atoms with Crippen LogP contribution >= 0.6 is 0 Å². The van der Waals surface area contributed by atoms with Crippen molar-refractivity contribution in [2.45, 2.75) is 13.8 Å². The van der Waals surface area contributed by atoms with Gasteiger partial charge in [-0.3, -0.25) is 9.59 Å². The zero-order valence-electron chi connectivity index (χ0n) is 9.98. The molecule has 1 fully saturated rings. The topological polar surface area (TPSA) is 79.3 Å². The molecule has 0 radical (unpaired) electrons. The number of nitrogens with one attached hydrogen (secondary N) is 1. The first-order valence-electron chi connectivity index (χ1n) is 5.50. The molecule has 0 spiro atoms. The molecule has 5 nitrogen and oxygen atoms in total. The molecular weight excluding hydrogens is 239 g/mol. The predicted octanol–water partition coefficient (Wildman–Crippen LogP) is 1.52. The standard InChI is InChI=1S/C12H13FN2O3/c1-12(2)8(9(12)11(17)18)10(16)15-7-5-3-4-6(13)14-7/h3-5,8-9H,1-2H3,(H,17,18)(H,14,15,16). The van der Waals surface area contributed by atoms with Gasteiger partial charge in [-0.1, -0.05) is 19.9 Å². The van der Waals surface area contributed by atoms with Gasteiger partial charge in [0.25, 0.3) is 0 Å². The van der Waals surface area contributed by atoms with Gasteiger partial charge < -0.3 is 10.4 Å². The highest BCUT2D eigenvalue weighted by molar-refractivity contribution is 5.99. The number of anilines is 1. The zero-order valence-corrected chi connectivity index (χ0v) is 9.98. The van der Waals surface area contributed by atoms with Gasteiger partial charge in [-0.25, -0.2) is 4.98 Å². The quantitative estimate of drug-likeness (QED) is 0.799. The average molecular weight is 252 g/mol. The molecule has 0 bridgehead atoms. The second-order valence-corrected chi connectivity index (χ2v) is 4.95. The van der Waals surface area contributed by atoms with Gasteiger partial charge in [0.1, 0.15) is 5.82 Å². The zero-order chi connectivity index (χ0) is 13.5. The van der Waals surface area contributed by atoms with Crippen molar-refractivity contribution in [3.05, 3.63) is 24.1 Å². The number of pyridine rings is 1. The summed E-state index contributed by atoms with van der Waals surface area (Å²) in [5.41, 5.74) is -0.580. The predicted molar refractivity (Wildman–Crippen MR) is 61.2 cm³/mol. The summed E-state index contributed by atoms with van der Waals surface area (Å²) in [6, 6.07) is 4.04. The van der Waals surface area contributed by atoms with Crippen molar-refractivity contribution in [3.63, 3.8) is 0 Å². The number of rotatable bonds is 3. The molecule has 1 saturated carbocycles. The first-order chi connectivity index (χ1) is 8.34. The van der Waals surface area contributed by atoms with E-state index in [0.717, 1.165) is 6.07 Å². The Hall–Kier alpha value is -1.98. The second-order valence-electron chi connectivity index (χ2n) is 4.95. The van der Waals surface area contributed by atoms with Gasteiger partial charge in [0, 0.05) is 0 Å². The molecule has 1 aromatic heterocycles. The van der Waals surface area contributed by atoms with Crippen molar-refractivity contribution < 1.29 is 19.1 Å². The number of amides is 1. The number of hydrogen-bond acceptors (Lipinski definition) is 3. The molecule has 1 aliphatic rings. The van der Waals surface area contributed by atoms with Crippen LogP contribution < -0.4 is 5.32 Å². The molecule has 2 atom stereocenters. The lowest BCUT2D eigenvalue weighted by Crippen LogP contribution is -2.18. The average Bonchev–Trinajstić information content (AvgIpc) is 2.81. The molecule has 0 saturated heterocycles. The van der Waals surface area contributed by atoms with Gasteiger partial charge in [-0.05, 0) is 17.5 Å². The van der Waals surface area contributed by atoms with E-state index in [-0.39, 0.29) is 5.82 Å². The number of halogens is 1. The number of carboxylic acids is 1. The lowest BCUT2D eigenvalue weighted by Gasteiger charge is -2.04. The fraction of sp³-hybridized carbons (Fsp3) is 0.417. The maximum atomic E-state index is 12.8. The Morgan fingerprint density at radius 2 is 2.06 bits per heavy atom. The van der Waals surface area contributed by atoms with E-state index in [4.69, 9.17) is 5.11 Å². The third kappa shape index (κ3) is 2.05. The number of aliphatic carboxylic acids is 1. The fourth-order valence-electron chi connectivity index (χ4n) is 2.27. The van der Waals surface area contributed by atoms with Crippen LogP contribution in [0, 0.1) is 23.2 Å². The Balaban J connectivity index is 2.08. The minimum absolute atomic E-state index is 0.0897. The summed E-state index contributed by atoms with van der Waals surface area (Å²) >= 11 is 0. The summed E-state index contributed by atoms with van der Waals surface area (Å²) in [4.78, 5) is 26.3. The van der Waals surface area contributed by atoms with Crippen LogP contribution in [0.1, 0.15) is 13.8 Å². The Morgan fingerprint density at radius 1 is 1.39 bits per heavy atom. The van der Waals surface area contributed by atoms with Gasteiger partial charge in [-0.2, -0.15) is 4.39 Å². The number of carbonyl (C=O) groups is 2. The summed E-state index contributed by atoms with van der Waals surface area (Å²) < 4.78 is 12.8. The molecule has 18 heavy (non-hydrogen) atoms. The Labute approximate surface area is 103 Å². The SMILES string of the molecule is CC1(C)C(C(=O)O)C1C(=O)Nc1cccc(F)n1. The highest BCUT2D eigenvalue weighted by Gasteiger charge is 2.65. The molecule has 2 unspecified atom stereocenters. The largest absolute Gasteiger partial charge is 0.481 e. The van der Waals surface area contributed by atoms with Crippen molar-refractivity contribution in [2.75, 3.05) is 5.32 Å². The Kier molecular flexibility index (Phi) is 2.80. The lowest BCUT2D eigenvalue weighted by molar-refractivity contribution is -0.140. The van der Waals surface area contributed by atoms with Crippen molar-refractivity contribution in [1.82, 2.24) is 4.98 Å². The van der Waals surface area contributed by atoms with Crippen molar-refractivity contribution >= 4 is 17.7 Å². The van der Waals surface area contributed by atoms with Crippen LogP contribution in [0.15, 0.2) is 18.2 Å². The lowest BCUT2D eigenvalue weighted by atomic mass is 10.1. The van der Waals surface area contributed by atoms with E-state index < -0.39 is 35.1 Å². The fourth-order valence-corrected chi connectivity index (χ4v) is 2.27. The molecule has 0 aromatic carbocycles. The highest BCUT2D eigenvalue weighted by atomic mass is 19.1. The molecule has 1 heterocycles. The van der Waals surface area contributed by atoms with Crippen LogP contribution in [0.2, 0.25) is 0 Å². The van der Waals surface area contributed by atoms with Gasteiger partial charge in [0.15, 0.2) is 0 Å². The molecule has 0 aliphatic heterocycles. The van der Waals surface area contributed by atoms with E-state index in [9.17, 15) is 14.0 Å². The molecule has 2 N–H and O–H groups in total. The summed E-state index contributed by atoms with van der Waals surface area (Å²) in [5.74, 6) is -3.35. The maximum absolute atomic E-state index is 12.8. The number of carboxylic acid groups (broad SMARTS) is 1. The molecule has 1 amide bonds. The summed E-state index contributed by atoms with van der Waals surface area (Å²) in [7, 11) is 0. The third-order valence-electron chi connectivity index (χ3n) is 3.34. The number of hydrogen-bond donors (Lipinski definition) is 2. The number of carbonyl (C=O) groups excluding carboxylic acids is 1. The Morgan fingerprint density at radius 3 is 2.56 bits per heavy atom. The molecular formula is C12H13FN2O3.